The maximum absolute atomic E-state index is 10.9. The SMILES string of the molecule is CCC1CCC(Nc2ccnc(C(=O)O)c2)C1C. The summed E-state index contributed by atoms with van der Waals surface area (Å²) >= 11 is 0. The molecule has 1 aromatic rings. The lowest BCUT2D eigenvalue weighted by molar-refractivity contribution is 0.0690. The molecule has 98 valence electrons. The summed E-state index contributed by atoms with van der Waals surface area (Å²) in [6.45, 7) is 4.51. The van der Waals surface area contributed by atoms with Crippen LogP contribution in [-0.2, 0) is 0 Å². The Morgan fingerprint density at radius 2 is 2.33 bits per heavy atom. The van der Waals surface area contributed by atoms with Gasteiger partial charge in [0.15, 0.2) is 0 Å². The zero-order valence-electron chi connectivity index (χ0n) is 10.9. The van der Waals surface area contributed by atoms with Crippen molar-refractivity contribution in [3.63, 3.8) is 0 Å². The maximum Gasteiger partial charge on any atom is 0.354 e. The van der Waals surface area contributed by atoms with E-state index in [9.17, 15) is 4.79 Å². The number of aromatic carboxylic acids is 1. The second kappa shape index (κ2) is 5.38. The van der Waals surface area contributed by atoms with E-state index < -0.39 is 5.97 Å². The molecular weight excluding hydrogens is 228 g/mol. The monoisotopic (exact) mass is 248 g/mol. The number of anilines is 1. The molecule has 0 spiro atoms. The van der Waals surface area contributed by atoms with E-state index >= 15 is 0 Å². The molecule has 0 bridgehead atoms. The molecule has 1 fully saturated rings. The number of hydrogen-bond acceptors (Lipinski definition) is 3. The first kappa shape index (κ1) is 12.9. The number of carboxylic acids is 1. The van der Waals surface area contributed by atoms with Gasteiger partial charge in [-0.15, -0.1) is 0 Å². The van der Waals surface area contributed by atoms with Gasteiger partial charge in [0.2, 0.25) is 0 Å². The van der Waals surface area contributed by atoms with Crippen molar-refractivity contribution in [2.75, 3.05) is 5.32 Å². The molecule has 0 aromatic carbocycles. The summed E-state index contributed by atoms with van der Waals surface area (Å²) in [6, 6.07) is 3.88. The second-order valence-corrected chi connectivity index (χ2v) is 5.09. The Labute approximate surface area is 107 Å². The summed E-state index contributed by atoms with van der Waals surface area (Å²) in [6.07, 6.45) is 5.18. The van der Waals surface area contributed by atoms with Gasteiger partial charge >= 0.3 is 5.97 Å². The summed E-state index contributed by atoms with van der Waals surface area (Å²) in [5, 5.41) is 12.4. The van der Waals surface area contributed by atoms with E-state index in [2.05, 4.69) is 24.1 Å². The number of nitrogens with zero attached hydrogens (tertiary/aromatic N) is 1. The summed E-state index contributed by atoms with van der Waals surface area (Å²) in [7, 11) is 0. The zero-order chi connectivity index (χ0) is 13.1. The van der Waals surface area contributed by atoms with Crippen LogP contribution in [0.4, 0.5) is 5.69 Å². The molecule has 1 aliphatic rings. The minimum absolute atomic E-state index is 0.0951. The average Bonchev–Trinajstić information content (AvgIpc) is 2.71. The molecule has 1 aliphatic carbocycles. The van der Waals surface area contributed by atoms with Crippen LogP contribution in [0.1, 0.15) is 43.6 Å². The number of pyridine rings is 1. The van der Waals surface area contributed by atoms with Gasteiger partial charge in [0, 0.05) is 17.9 Å². The molecule has 3 atom stereocenters. The quantitative estimate of drug-likeness (QED) is 0.859. The zero-order valence-corrected chi connectivity index (χ0v) is 10.9. The number of carboxylic acid groups (broad SMARTS) is 1. The van der Waals surface area contributed by atoms with Gasteiger partial charge in [0.05, 0.1) is 0 Å². The topological polar surface area (TPSA) is 62.2 Å². The molecule has 1 aromatic heterocycles. The van der Waals surface area contributed by atoms with Crippen molar-refractivity contribution in [1.82, 2.24) is 4.98 Å². The number of nitrogens with one attached hydrogen (secondary N) is 1. The van der Waals surface area contributed by atoms with Crippen LogP contribution < -0.4 is 5.32 Å². The predicted molar refractivity (Wildman–Crippen MR) is 70.8 cm³/mol. The van der Waals surface area contributed by atoms with Gasteiger partial charge in [-0.25, -0.2) is 9.78 Å². The highest BCUT2D eigenvalue weighted by molar-refractivity contribution is 5.86. The highest BCUT2D eigenvalue weighted by atomic mass is 16.4. The van der Waals surface area contributed by atoms with Crippen LogP contribution in [0, 0.1) is 11.8 Å². The Kier molecular flexibility index (Phi) is 3.84. The molecule has 18 heavy (non-hydrogen) atoms. The highest BCUT2D eigenvalue weighted by Gasteiger charge is 2.31. The summed E-state index contributed by atoms with van der Waals surface area (Å²) < 4.78 is 0. The van der Waals surface area contributed by atoms with Crippen LogP contribution >= 0.6 is 0 Å². The van der Waals surface area contributed by atoms with Crippen LogP contribution in [-0.4, -0.2) is 22.1 Å². The van der Waals surface area contributed by atoms with E-state index in [0.29, 0.717) is 12.0 Å². The van der Waals surface area contributed by atoms with Gasteiger partial charge in [-0.3, -0.25) is 0 Å². The number of carbonyl (C=O) groups is 1. The van der Waals surface area contributed by atoms with Crippen molar-refractivity contribution in [2.24, 2.45) is 11.8 Å². The Morgan fingerprint density at radius 1 is 1.56 bits per heavy atom. The van der Waals surface area contributed by atoms with Gasteiger partial charge < -0.3 is 10.4 Å². The fourth-order valence-corrected chi connectivity index (χ4v) is 2.88. The first-order chi connectivity index (χ1) is 8.61. The van der Waals surface area contributed by atoms with Crippen LogP contribution in [0.15, 0.2) is 18.3 Å². The summed E-state index contributed by atoms with van der Waals surface area (Å²) in [5.74, 6) is 0.435. The molecule has 1 heterocycles. The van der Waals surface area contributed by atoms with Crippen LogP contribution in [0.2, 0.25) is 0 Å². The minimum Gasteiger partial charge on any atom is -0.477 e. The molecule has 0 saturated heterocycles. The van der Waals surface area contributed by atoms with Crippen molar-refractivity contribution < 1.29 is 9.90 Å². The lowest BCUT2D eigenvalue weighted by atomic mass is 9.93. The Balaban J connectivity index is 2.06. The van der Waals surface area contributed by atoms with E-state index in [1.54, 1.807) is 12.3 Å². The number of aromatic nitrogens is 1. The Bertz CT molecular complexity index is 434. The van der Waals surface area contributed by atoms with Gasteiger partial charge in [-0.2, -0.15) is 0 Å². The third-order valence-electron chi connectivity index (χ3n) is 4.08. The van der Waals surface area contributed by atoms with Gasteiger partial charge in [0.1, 0.15) is 5.69 Å². The fraction of sp³-hybridized carbons (Fsp3) is 0.571. The Hall–Kier alpha value is -1.58. The molecular formula is C14H20N2O2. The summed E-state index contributed by atoms with van der Waals surface area (Å²) in [4.78, 5) is 14.7. The molecule has 4 nitrogen and oxygen atoms in total. The molecule has 1 saturated carbocycles. The van der Waals surface area contributed by atoms with E-state index in [4.69, 9.17) is 5.11 Å². The molecule has 0 aliphatic heterocycles. The first-order valence-electron chi connectivity index (χ1n) is 6.57. The largest absolute Gasteiger partial charge is 0.477 e. The smallest absolute Gasteiger partial charge is 0.354 e. The van der Waals surface area contributed by atoms with Crippen molar-refractivity contribution in [3.8, 4) is 0 Å². The third-order valence-corrected chi connectivity index (χ3v) is 4.08. The molecule has 0 amide bonds. The lowest BCUT2D eigenvalue weighted by Crippen LogP contribution is -2.24. The van der Waals surface area contributed by atoms with Gasteiger partial charge in [-0.1, -0.05) is 20.3 Å². The molecule has 3 unspecified atom stereocenters. The van der Waals surface area contributed by atoms with Crippen molar-refractivity contribution >= 4 is 11.7 Å². The van der Waals surface area contributed by atoms with Crippen LogP contribution in [0.3, 0.4) is 0 Å². The van der Waals surface area contributed by atoms with Gasteiger partial charge in [0.25, 0.3) is 0 Å². The average molecular weight is 248 g/mol. The highest BCUT2D eigenvalue weighted by Crippen LogP contribution is 2.35. The van der Waals surface area contributed by atoms with Crippen LogP contribution in [0.5, 0.6) is 0 Å². The number of rotatable bonds is 4. The molecule has 0 radical (unpaired) electrons. The van der Waals surface area contributed by atoms with E-state index in [1.807, 2.05) is 6.07 Å². The van der Waals surface area contributed by atoms with E-state index in [0.717, 1.165) is 18.0 Å². The van der Waals surface area contributed by atoms with Gasteiger partial charge in [-0.05, 0) is 36.8 Å². The molecule has 2 rings (SSSR count). The van der Waals surface area contributed by atoms with Crippen LogP contribution in [0.25, 0.3) is 0 Å². The second-order valence-electron chi connectivity index (χ2n) is 5.09. The van der Waals surface area contributed by atoms with Crippen molar-refractivity contribution in [2.45, 2.75) is 39.2 Å². The van der Waals surface area contributed by atoms with E-state index in [-0.39, 0.29) is 5.69 Å². The minimum atomic E-state index is -0.982. The summed E-state index contributed by atoms with van der Waals surface area (Å²) in [5.41, 5.74) is 0.952. The maximum atomic E-state index is 10.9. The van der Waals surface area contributed by atoms with Crippen molar-refractivity contribution in [3.05, 3.63) is 24.0 Å². The third kappa shape index (κ3) is 2.63. The normalized spacial score (nSPS) is 27.1. The number of hydrogen-bond donors (Lipinski definition) is 2. The lowest BCUT2D eigenvalue weighted by Gasteiger charge is -2.22. The molecule has 4 heteroatoms. The Morgan fingerprint density at radius 3 is 2.94 bits per heavy atom. The standard InChI is InChI=1S/C14H20N2O2/c1-3-10-4-5-12(9(10)2)16-11-6-7-15-13(8-11)14(17)18/h6-10,12H,3-5H2,1-2H3,(H,15,16)(H,17,18). The fourth-order valence-electron chi connectivity index (χ4n) is 2.88. The molecule has 2 N–H and O–H groups in total. The van der Waals surface area contributed by atoms with E-state index in [1.165, 1.54) is 12.8 Å². The predicted octanol–water partition coefficient (Wildman–Crippen LogP) is 3.02. The van der Waals surface area contributed by atoms with Crippen molar-refractivity contribution in [1.29, 1.82) is 0 Å². The first-order valence-corrected chi connectivity index (χ1v) is 6.57.